The summed E-state index contributed by atoms with van der Waals surface area (Å²) in [5, 5.41) is 2.33. The predicted molar refractivity (Wildman–Crippen MR) is 120 cm³/mol. The van der Waals surface area contributed by atoms with E-state index < -0.39 is 0 Å². The highest BCUT2D eigenvalue weighted by Gasteiger charge is 2.65. The molecule has 1 aromatic carbocycles. The van der Waals surface area contributed by atoms with Crippen molar-refractivity contribution in [3.05, 3.63) is 51.7 Å². The van der Waals surface area contributed by atoms with Crippen LogP contribution in [-0.2, 0) is 5.54 Å². The molecule has 5 aliphatic rings. The molecule has 1 aliphatic heterocycles. The van der Waals surface area contributed by atoms with Crippen molar-refractivity contribution in [2.75, 3.05) is 4.90 Å². The molecule has 8 rings (SSSR count). The largest absolute Gasteiger partial charge is 0.353 e. The average molecular weight is 406 g/mol. The fraction of sp³-hybridized carbons (Fsp3) is 0.520. The van der Waals surface area contributed by atoms with Gasteiger partial charge >= 0.3 is 0 Å². The summed E-state index contributed by atoms with van der Waals surface area (Å²) >= 11 is 4.10. The third-order valence-electron chi connectivity index (χ3n) is 8.65. The first-order chi connectivity index (χ1) is 13.7. The van der Waals surface area contributed by atoms with Crippen molar-refractivity contribution in [1.82, 2.24) is 0 Å². The van der Waals surface area contributed by atoms with E-state index in [1.807, 2.05) is 11.3 Å². The number of hydrogen-bond donors (Lipinski definition) is 0. The van der Waals surface area contributed by atoms with E-state index in [1.54, 1.807) is 19.8 Å². The van der Waals surface area contributed by atoms with Gasteiger partial charge < -0.3 is 4.90 Å². The van der Waals surface area contributed by atoms with Crippen molar-refractivity contribution in [3.63, 3.8) is 0 Å². The monoisotopic (exact) mass is 405 g/mol. The molecule has 4 fully saturated rings. The second-order valence-corrected chi connectivity index (χ2v) is 11.9. The molecule has 3 heterocycles. The Balaban J connectivity index is 1.55. The number of rotatable bonds is 1. The second-order valence-electron chi connectivity index (χ2n) is 9.92. The Morgan fingerprint density at radius 3 is 2.39 bits per heavy atom. The topological polar surface area (TPSA) is 3.24 Å². The molecule has 0 saturated heterocycles. The highest BCUT2D eigenvalue weighted by atomic mass is 32.1. The highest BCUT2D eigenvalue weighted by molar-refractivity contribution is 7.27. The van der Waals surface area contributed by atoms with E-state index in [0.29, 0.717) is 6.04 Å². The van der Waals surface area contributed by atoms with Crippen LogP contribution < -0.4 is 4.90 Å². The van der Waals surface area contributed by atoms with E-state index in [2.05, 4.69) is 65.8 Å². The van der Waals surface area contributed by atoms with Gasteiger partial charge in [-0.25, -0.2) is 0 Å². The highest BCUT2D eigenvalue weighted by Crippen LogP contribution is 2.71. The molecule has 4 bridgehead atoms. The number of benzene rings is 1. The molecular formula is C25H27NS2. The van der Waals surface area contributed by atoms with Gasteiger partial charge in [-0.2, -0.15) is 0 Å². The molecule has 3 aromatic rings. The summed E-state index contributed by atoms with van der Waals surface area (Å²) in [5.41, 5.74) is 4.96. The van der Waals surface area contributed by atoms with Gasteiger partial charge in [0, 0.05) is 20.8 Å². The molecule has 1 spiro atoms. The maximum atomic E-state index is 2.94. The van der Waals surface area contributed by atoms with Gasteiger partial charge in [-0.15, -0.1) is 22.7 Å². The molecule has 0 radical (unpaired) electrons. The molecule has 1 nitrogen and oxygen atoms in total. The van der Waals surface area contributed by atoms with Gasteiger partial charge in [0.2, 0.25) is 0 Å². The van der Waals surface area contributed by atoms with E-state index in [1.165, 1.54) is 43.4 Å². The van der Waals surface area contributed by atoms with Crippen LogP contribution in [0, 0.1) is 30.6 Å². The lowest BCUT2D eigenvalue weighted by Crippen LogP contribution is -2.62. The Hall–Kier alpha value is -1.32. The molecular weight excluding hydrogens is 378 g/mol. The van der Waals surface area contributed by atoms with Gasteiger partial charge in [-0.3, -0.25) is 0 Å². The molecule has 144 valence electrons. The fourth-order valence-electron chi connectivity index (χ4n) is 8.02. The number of hydrogen-bond acceptors (Lipinski definition) is 3. The smallest absolute Gasteiger partial charge is 0.0742 e. The fourth-order valence-corrected chi connectivity index (χ4v) is 10.6. The number of nitrogens with zero attached hydrogens (tertiary/aromatic N) is 1. The van der Waals surface area contributed by atoms with Gasteiger partial charge in [-0.1, -0.05) is 18.2 Å². The Labute approximate surface area is 175 Å². The zero-order valence-electron chi connectivity index (χ0n) is 16.7. The van der Waals surface area contributed by atoms with E-state index in [9.17, 15) is 0 Å². The summed E-state index contributed by atoms with van der Waals surface area (Å²) in [5.74, 6) is 3.69. The van der Waals surface area contributed by atoms with Crippen LogP contribution in [0.1, 0.15) is 61.1 Å². The van der Waals surface area contributed by atoms with Gasteiger partial charge in [-0.05, 0) is 92.7 Å². The zero-order chi connectivity index (χ0) is 18.6. The molecule has 4 saturated carbocycles. The summed E-state index contributed by atoms with van der Waals surface area (Å²) in [6, 6.07) is 12.1. The standard InChI is InChI=1S/C25H27NS2/c1-14-5-3-4-6-20(14)26-15(2)23-22(24-21(28-23)7-8-27-24)25(26)18-10-16-9-17(12-18)13-19(25)11-16/h3-8,15-19H,9-13H2,1-2H3. The molecule has 0 N–H and O–H groups in total. The maximum Gasteiger partial charge on any atom is 0.0742 e. The lowest BCUT2D eigenvalue weighted by Gasteiger charge is -2.64. The molecule has 0 amide bonds. The first-order valence-corrected chi connectivity index (χ1v) is 12.7. The van der Waals surface area contributed by atoms with E-state index in [-0.39, 0.29) is 5.54 Å². The summed E-state index contributed by atoms with van der Waals surface area (Å²) < 4.78 is 3.16. The Morgan fingerprint density at radius 1 is 0.964 bits per heavy atom. The van der Waals surface area contributed by atoms with E-state index in [4.69, 9.17) is 0 Å². The van der Waals surface area contributed by atoms with Crippen LogP contribution in [0.3, 0.4) is 0 Å². The van der Waals surface area contributed by atoms with Gasteiger partial charge in [0.25, 0.3) is 0 Å². The molecule has 4 aliphatic carbocycles. The first kappa shape index (κ1) is 16.5. The third-order valence-corrected chi connectivity index (χ3v) is 11.0. The Kier molecular flexibility index (Phi) is 3.19. The van der Waals surface area contributed by atoms with Crippen molar-refractivity contribution in [2.24, 2.45) is 23.7 Å². The minimum Gasteiger partial charge on any atom is -0.353 e. The van der Waals surface area contributed by atoms with Crippen molar-refractivity contribution in [2.45, 2.75) is 57.5 Å². The molecule has 3 heteroatoms. The van der Waals surface area contributed by atoms with Gasteiger partial charge in [0.15, 0.2) is 0 Å². The third kappa shape index (κ3) is 1.80. The average Bonchev–Trinajstić information content (AvgIpc) is 3.32. The van der Waals surface area contributed by atoms with Crippen LogP contribution in [-0.4, -0.2) is 0 Å². The van der Waals surface area contributed by atoms with Gasteiger partial charge in [0.05, 0.1) is 16.3 Å². The summed E-state index contributed by atoms with van der Waals surface area (Å²) in [6.45, 7) is 4.81. The molecule has 2 aromatic heterocycles. The summed E-state index contributed by atoms with van der Waals surface area (Å²) in [6.07, 6.45) is 7.37. The maximum absolute atomic E-state index is 2.94. The van der Waals surface area contributed by atoms with Crippen LogP contribution in [0.25, 0.3) is 9.40 Å². The van der Waals surface area contributed by atoms with Crippen LogP contribution in [0.4, 0.5) is 5.69 Å². The zero-order valence-corrected chi connectivity index (χ0v) is 18.3. The molecule has 1 atom stereocenters. The SMILES string of the molecule is Cc1ccccc1N1C(C)c2sc3ccsc3c2C12C1CC3CC(C1)CC2C3. The predicted octanol–water partition coefficient (Wildman–Crippen LogP) is 7.50. The minimum absolute atomic E-state index is 0.247. The van der Waals surface area contributed by atoms with E-state index >= 15 is 0 Å². The van der Waals surface area contributed by atoms with Crippen LogP contribution >= 0.6 is 22.7 Å². The molecule has 1 unspecified atom stereocenters. The first-order valence-electron chi connectivity index (χ1n) is 11.0. The second kappa shape index (κ2) is 5.43. The Bertz CT molecular complexity index is 1060. The summed E-state index contributed by atoms with van der Waals surface area (Å²) in [4.78, 5) is 4.62. The quantitative estimate of drug-likeness (QED) is 0.405. The van der Waals surface area contributed by atoms with Crippen LogP contribution in [0.2, 0.25) is 0 Å². The van der Waals surface area contributed by atoms with Crippen LogP contribution in [0.5, 0.6) is 0 Å². The van der Waals surface area contributed by atoms with E-state index in [0.717, 1.165) is 23.7 Å². The normalized spacial score (nSPS) is 38.1. The lowest BCUT2D eigenvalue weighted by molar-refractivity contribution is -0.0595. The summed E-state index contributed by atoms with van der Waals surface area (Å²) in [7, 11) is 0. The number of fused-ring (bicyclic) bond motifs is 3. The number of para-hydroxylation sites is 1. The molecule has 28 heavy (non-hydrogen) atoms. The minimum atomic E-state index is 0.247. The Morgan fingerprint density at radius 2 is 1.68 bits per heavy atom. The van der Waals surface area contributed by atoms with Crippen molar-refractivity contribution < 1.29 is 0 Å². The number of aryl methyl sites for hydroxylation is 1. The van der Waals surface area contributed by atoms with Crippen molar-refractivity contribution >= 4 is 37.8 Å². The lowest BCUT2D eigenvalue weighted by atomic mass is 9.47. The van der Waals surface area contributed by atoms with Crippen molar-refractivity contribution in [1.29, 1.82) is 0 Å². The number of thiophene rings is 2. The van der Waals surface area contributed by atoms with Crippen LogP contribution in [0.15, 0.2) is 35.7 Å². The van der Waals surface area contributed by atoms with Crippen molar-refractivity contribution in [3.8, 4) is 0 Å². The number of anilines is 1. The van der Waals surface area contributed by atoms with Gasteiger partial charge in [0.1, 0.15) is 0 Å².